The van der Waals surface area contributed by atoms with E-state index in [2.05, 4.69) is 27.0 Å². The number of ether oxygens (including phenoxy) is 1. The quantitative estimate of drug-likeness (QED) is 0.828. The van der Waals surface area contributed by atoms with Gasteiger partial charge in [-0.15, -0.1) is 0 Å². The fourth-order valence-electron chi connectivity index (χ4n) is 3.81. The van der Waals surface area contributed by atoms with Crippen molar-refractivity contribution in [3.05, 3.63) is 11.7 Å². The maximum absolute atomic E-state index is 5.80. The van der Waals surface area contributed by atoms with Crippen LogP contribution in [0, 0.1) is 12.8 Å². The van der Waals surface area contributed by atoms with Crippen LogP contribution in [0.15, 0.2) is 4.52 Å². The lowest BCUT2D eigenvalue weighted by atomic mass is 9.99. The Morgan fingerprint density at radius 1 is 1.32 bits per heavy atom. The average Bonchev–Trinajstić information content (AvgIpc) is 3.18. The Balaban J connectivity index is 1.62. The van der Waals surface area contributed by atoms with Gasteiger partial charge in [0.15, 0.2) is 5.82 Å². The summed E-state index contributed by atoms with van der Waals surface area (Å²) in [6.07, 6.45) is 5.71. The number of nitrogens with zero attached hydrogens (tertiary/aromatic N) is 4. The van der Waals surface area contributed by atoms with E-state index in [0.29, 0.717) is 11.9 Å². The Bertz CT molecular complexity index is 472. The van der Waals surface area contributed by atoms with Crippen molar-refractivity contribution in [1.82, 2.24) is 19.9 Å². The number of likely N-dealkylation sites (N-methyl/N-ethyl adjacent to an activating group) is 1. The van der Waals surface area contributed by atoms with Gasteiger partial charge in [-0.05, 0) is 32.7 Å². The van der Waals surface area contributed by atoms with Gasteiger partial charge in [0.1, 0.15) is 6.04 Å². The molecule has 3 rings (SSSR count). The summed E-state index contributed by atoms with van der Waals surface area (Å²) in [7, 11) is 3.99. The van der Waals surface area contributed by atoms with Gasteiger partial charge in [0.25, 0.3) is 0 Å². The summed E-state index contributed by atoms with van der Waals surface area (Å²) in [6.45, 7) is 5.91. The van der Waals surface area contributed by atoms with Crippen molar-refractivity contribution in [3.8, 4) is 0 Å². The molecule has 1 aromatic heterocycles. The third kappa shape index (κ3) is 3.50. The van der Waals surface area contributed by atoms with Gasteiger partial charge in [0.2, 0.25) is 5.89 Å². The van der Waals surface area contributed by atoms with Crippen molar-refractivity contribution in [2.75, 3.05) is 40.3 Å². The maximum atomic E-state index is 5.80. The summed E-state index contributed by atoms with van der Waals surface area (Å²) in [6, 6.07) is 0.191. The van der Waals surface area contributed by atoms with Crippen LogP contribution in [0.1, 0.15) is 43.4 Å². The molecule has 2 heterocycles. The molecule has 1 saturated heterocycles. The fraction of sp³-hybridized carbons (Fsp3) is 0.875. The minimum atomic E-state index is 0.191. The first-order valence-electron chi connectivity index (χ1n) is 8.43. The maximum Gasteiger partial charge on any atom is 0.245 e. The Morgan fingerprint density at radius 2 is 2.09 bits per heavy atom. The van der Waals surface area contributed by atoms with E-state index in [1.165, 1.54) is 25.7 Å². The number of aromatic nitrogens is 2. The second kappa shape index (κ2) is 7.06. The van der Waals surface area contributed by atoms with E-state index >= 15 is 0 Å². The molecule has 1 aromatic rings. The summed E-state index contributed by atoms with van der Waals surface area (Å²) in [4.78, 5) is 9.22. The molecule has 6 nitrogen and oxygen atoms in total. The summed E-state index contributed by atoms with van der Waals surface area (Å²) in [5.74, 6) is 2.18. The van der Waals surface area contributed by atoms with E-state index in [1.807, 2.05) is 14.0 Å². The van der Waals surface area contributed by atoms with Gasteiger partial charge in [-0.1, -0.05) is 18.0 Å². The number of hydrogen-bond acceptors (Lipinski definition) is 6. The van der Waals surface area contributed by atoms with Crippen LogP contribution in [-0.2, 0) is 4.74 Å². The van der Waals surface area contributed by atoms with Gasteiger partial charge >= 0.3 is 0 Å². The predicted molar refractivity (Wildman–Crippen MR) is 83.6 cm³/mol. The van der Waals surface area contributed by atoms with E-state index in [1.54, 1.807) is 0 Å². The number of aryl methyl sites for hydroxylation is 1. The van der Waals surface area contributed by atoms with E-state index in [-0.39, 0.29) is 6.04 Å². The van der Waals surface area contributed by atoms with Crippen LogP contribution in [0.2, 0.25) is 0 Å². The molecule has 2 aliphatic rings. The molecule has 0 N–H and O–H groups in total. The molecule has 2 fully saturated rings. The molecule has 1 saturated carbocycles. The van der Waals surface area contributed by atoms with Crippen molar-refractivity contribution < 1.29 is 9.26 Å². The fourth-order valence-corrected chi connectivity index (χ4v) is 3.81. The normalized spacial score (nSPS) is 26.6. The first-order valence-corrected chi connectivity index (χ1v) is 8.43. The number of hydrogen-bond donors (Lipinski definition) is 0. The van der Waals surface area contributed by atoms with Gasteiger partial charge in [-0.25, -0.2) is 0 Å². The summed E-state index contributed by atoms with van der Waals surface area (Å²) in [5, 5.41) is 3.94. The standard InChI is InChI=1S/C16H28N4O2/c1-12-17-16(22-18-12)14-10-20(9-8-19(14)2)11-15(21-3)13-6-4-5-7-13/h13-15H,4-11H2,1-3H3. The van der Waals surface area contributed by atoms with Gasteiger partial charge < -0.3 is 9.26 Å². The van der Waals surface area contributed by atoms with Crippen LogP contribution >= 0.6 is 0 Å². The lowest BCUT2D eigenvalue weighted by Gasteiger charge is -2.39. The zero-order valence-electron chi connectivity index (χ0n) is 14.0. The van der Waals surface area contributed by atoms with Crippen LogP contribution in [0.4, 0.5) is 0 Å². The van der Waals surface area contributed by atoms with Gasteiger partial charge in [-0.2, -0.15) is 4.98 Å². The molecule has 0 spiro atoms. The topological polar surface area (TPSA) is 54.6 Å². The second-order valence-electron chi connectivity index (χ2n) is 6.75. The smallest absolute Gasteiger partial charge is 0.245 e. The van der Waals surface area contributed by atoms with Crippen molar-refractivity contribution in [1.29, 1.82) is 0 Å². The molecule has 0 amide bonds. The monoisotopic (exact) mass is 308 g/mol. The molecule has 0 aromatic carbocycles. The molecule has 1 aliphatic heterocycles. The zero-order chi connectivity index (χ0) is 15.5. The summed E-state index contributed by atoms with van der Waals surface area (Å²) < 4.78 is 11.2. The zero-order valence-corrected chi connectivity index (χ0v) is 14.0. The van der Waals surface area contributed by atoms with Crippen molar-refractivity contribution in [2.45, 2.75) is 44.8 Å². The SMILES string of the molecule is COC(CN1CCN(C)C(c2nc(C)no2)C1)C1CCCC1. The highest BCUT2D eigenvalue weighted by molar-refractivity contribution is 4.96. The first-order chi connectivity index (χ1) is 10.7. The van der Waals surface area contributed by atoms with Crippen LogP contribution in [0.25, 0.3) is 0 Å². The Hall–Kier alpha value is -0.980. The largest absolute Gasteiger partial charge is 0.380 e. The van der Waals surface area contributed by atoms with E-state index in [0.717, 1.165) is 38.0 Å². The van der Waals surface area contributed by atoms with Gasteiger partial charge in [0.05, 0.1) is 6.10 Å². The van der Waals surface area contributed by atoms with Crippen molar-refractivity contribution in [2.24, 2.45) is 5.92 Å². The molecule has 22 heavy (non-hydrogen) atoms. The Morgan fingerprint density at radius 3 is 2.73 bits per heavy atom. The van der Waals surface area contributed by atoms with Crippen molar-refractivity contribution in [3.63, 3.8) is 0 Å². The average molecular weight is 308 g/mol. The molecule has 0 radical (unpaired) electrons. The lowest BCUT2D eigenvalue weighted by molar-refractivity contribution is -0.00302. The van der Waals surface area contributed by atoms with E-state index in [4.69, 9.17) is 9.26 Å². The van der Waals surface area contributed by atoms with Crippen LogP contribution < -0.4 is 0 Å². The third-order valence-electron chi connectivity index (χ3n) is 5.23. The number of rotatable bonds is 5. The molecule has 2 unspecified atom stereocenters. The molecule has 6 heteroatoms. The number of methoxy groups -OCH3 is 1. The van der Waals surface area contributed by atoms with E-state index in [9.17, 15) is 0 Å². The third-order valence-corrected chi connectivity index (χ3v) is 5.23. The Kier molecular flexibility index (Phi) is 5.10. The highest BCUT2D eigenvalue weighted by Crippen LogP contribution is 2.30. The van der Waals surface area contributed by atoms with Gasteiger partial charge in [-0.3, -0.25) is 9.80 Å². The lowest BCUT2D eigenvalue weighted by Crippen LogP contribution is -2.50. The minimum Gasteiger partial charge on any atom is -0.380 e. The van der Waals surface area contributed by atoms with Crippen LogP contribution in [0.3, 0.4) is 0 Å². The predicted octanol–water partition coefficient (Wildman–Crippen LogP) is 1.87. The molecule has 2 atom stereocenters. The second-order valence-corrected chi connectivity index (χ2v) is 6.75. The molecular formula is C16H28N4O2. The summed E-state index contributed by atoms with van der Waals surface area (Å²) in [5.41, 5.74) is 0. The van der Waals surface area contributed by atoms with Crippen LogP contribution in [-0.4, -0.2) is 66.4 Å². The summed E-state index contributed by atoms with van der Waals surface area (Å²) >= 11 is 0. The van der Waals surface area contributed by atoms with E-state index < -0.39 is 0 Å². The van der Waals surface area contributed by atoms with Crippen LogP contribution in [0.5, 0.6) is 0 Å². The Labute approximate surface area is 132 Å². The van der Waals surface area contributed by atoms with Crippen molar-refractivity contribution >= 4 is 0 Å². The highest BCUT2D eigenvalue weighted by atomic mass is 16.5. The minimum absolute atomic E-state index is 0.191. The molecule has 1 aliphatic carbocycles. The molecule has 124 valence electrons. The highest BCUT2D eigenvalue weighted by Gasteiger charge is 2.33. The number of piperazine rings is 1. The molecule has 0 bridgehead atoms. The first kappa shape index (κ1) is 15.9. The van der Waals surface area contributed by atoms with Gasteiger partial charge in [0, 0.05) is 33.3 Å². The molecular weight excluding hydrogens is 280 g/mol.